The van der Waals surface area contributed by atoms with Gasteiger partial charge in [0.15, 0.2) is 15.2 Å². The minimum absolute atomic E-state index is 0.166. The van der Waals surface area contributed by atoms with Crippen molar-refractivity contribution in [3.8, 4) is 0 Å². The maximum absolute atomic E-state index is 11.5. The molecule has 8 heteroatoms. The van der Waals surface area contributed by atoms with Crippen LogP contribution in [0.25, 0.3) is 10.2 Å². The number of ether oxygens (including phenoxy) is 1. The van der Waals surface area contributed by atoms with Crippen molar-refractivity contribution >= 4 is 55.6 Å². The second kappa shape index (κ2) is 6.60. The van der Waals surface area contributed by atoms with Crippen molar-refractivity contribution in [3.63, 3.8) is 0 Å². The first-order chi connectivity index (χ1) is 10.7. The van der Waals surface area contributed by atoms with Crippen molar-refractivity contribution in [2.75, 3.05) is 19.0 Å². The van der Waals surface area contributed by atoms with Crippen LogP contribution < -0.4 is 5.32 Å². The molecule has 3 rings (SSSR count). The van der Waals surface area contributed by atoms with Gasteiger partial charge in [-0.05, 0) is 12.1 Å². The highest BCUT2D eigenvalue weighted by atomic mass is 35.5. The maximum Gasteiger partial charge on any atom is 0.351 e. The smallest absolute Gasteiger partial charge is 0.351 e. The van der Waals surface area contributed by atoms with Crippen LogP contribution in [0.15, 0.2) is 24.3 Å². The molecule has 5 nitrogen and oxygen atoms in total. The van der Waals surface area contributed by atoms with Gasteiger partial charge < -0.3 is 10.1 Å². The first-order valence-corrected chi connectivity index (χ1v) is 8.51. The van der Waals surface area contributed by atoms with Crippen LogP contribution in [0, 0.1) is 0 Å². The first kappa shape index (κ1) is 15.2. The van der Waals surface area contributed by atoms with Gasteiger partial charge in [0, 0.05) is 13.0 Å². The van der Waals surface area contributed by atoms with E-state index in [2.05, 4.69) is 26.1 Å². The average molecular weight is 354 g/mol. The third-order valence-electron chi connectivity index (χ3n) is 2.91. The van der Waals surface area contributed by atoms with Crippen molar-refractivity contribution in [3.05, 3.63) is 39.3 Å². The number of thiazole rings is 2. The number of carbonyl (C=O) groups excluding carboxylic acids is 1. The van der Waals surface area contributed by atoms with Crippen molar-refractivity contribution in [2.45, 2.75) is 6.42 Å². The van der Waals surface area contributed by atoms with Crippen molar-refractivity contribution in [1.82, 2.24) is 9.97 Å². The molecule has 0 atom stereocenters. The minimum Gasteiger partial charge on any atom is -0.465 e. The van der Waals surface area contributed by atoms with Gasteiger partial charge in [0.05, 0.1) is 22.3 Å². The highest BCUT2D eigenvalue weighted by Gasteiger charge is 2.17. The van der Waals surface area contributed by atoms with E-state index in [0.717, 1.165) is 16.9 Å². The summed E-state index contributed by atoms with van der Waals surface area (Å²) in [4.78, 5) is 20.5. The van der Waals surface area contributed by atoms with Crippen molar-refractivity contribution in [1.29, 1.82) is 0 Å². The van der Waals surface area contributed by atoms with Gasteiger partial charge >= 0.3 is 5.97 Å². The van der Waals surface area contributed by atoms with E-state index in [1.165, 1.54) is 23.1 Å². The number of para-hydroxylation sites is 1. The Morgan fingerprint density at radius 1 is 1.32 bits per heavy atom. The van der Waals surface area contributed by atoms with Gasteiger partial charge in [-0.25, -0.2) is 14.8 Å². The monoisotopic (exact) mass is 353 g/mol. The fourth-order valence-electron chi connectivity index (χ4n) is 1.90. The fraction of sp³-hybridized carbons (Fsp3) is 0.214. The molecule has 0 unspecified atom stereocenters. The summed E-state index contributed by atoms with van der Waals surface area (Å²) in [6.07, 6.45) is 0.782. The average Bonchev–Trinajstić information content (AvgIpc) is 3.09. The highest BCUT2D eigenvalue weighted by molar-refractivity contribution is 7.18. The normalized spacial score (nSPS) is 10.8. The van der Waals surface area contributed by atoms with Gasteiger partial charge in [-0.2, -0.15) is 0 Å². The second-order valence-corrected chi connectivity index (χ2v) is 6.85. The number of rotatable bonds is 5. The Kier molecular flexibility index (Phi) is 4.56. The Labute approximate surface area is 139 Å². The second-order valence-electron chi connectivity index (χ2n) is 4.38. The van der Waals surface area contributed by atoms with E-state index in [1.54, 1.807) is 11.3 Å². The molecule has 22 heavy (non-hydrogen) atoms. The van der Waals surface area contributed by atoms with Gasteiger partial charge in [-0.15, -0.1) is 11.3 Å². The number of carbonyl (C=O) groups is 1. The van der Waals surface area contributed by atoms with Crippen LogP contribution in [0.3, 0.4) is 0 Å². The molecule has 3 aromatic rings. The summed E-state index contributed by atoms with van der Waals surface area (Å²) < 4.78 is 5.83. The third-order valence-corrected chi connectivity index (χ3v) is 5.38. The van der Waals surface area contributed by atoms with Gasteiger partial charge in [0.2, 0.25) is 0 Å². The number of methoxy groups -OCH3 is 1. The zero-order valence-corrected chi connectivity index (χ0v) is 14.0. The third kappa shape index (κ3) is 3.21. The molecule has 2 aromatic heterocycles. The lowest BCUT2D eigenvalue weighted by molar-refractivity contribution is 0.0606. The summed E-state index contributed by atoms with van der Waals surface area (Å²) in [7, 11) is 1.32. The number of halogens is 1. The molecule has 0 aliphatic rings. The molecule has 0 amide bonds. The van der Waals surface area contributed by atoms with Crippen molar-refractivity contribution < 1.29 is 9.53 Å². The molecule has 0 bridgehead atoms. The zero-order chi connectivity index (χ0) is 15.5. The summed E-state index contributed by atoms with van der Waals surface area (Å²) in [5.74, 6) is -0.471. The number of nitrogens with one attached hydrogen (secondary N) is 1. The van der Waals surface area contributed by atoms with E-state index >= 15 is 0 Å². The number of esters is 1. The van der Waals surface area contributed by atoms with E-state index in [0.29, 0.717) is 16.6 Å². The fourth-order valence-corrected chi connectivity index (χ4v) is 3.99. The molecule has 114 valence electrons. The number of fused-ring (bicyclic) bond motifs is 1. The topological polar surface area (TPSA) is 64.1 Å². The van der Waals surface area contributed by atoms with E-state index < -0.39 is 5.97 Å². The molecule has 2 heterocycles. The van der Waals surface area contributed by atoms with E-state index in [-0.39, 0.29) is 5.15 Å². The van der Waals surface area contributed by atoms with E-state index in [9.17, 15) is 4.79 Å². The molecule has 0 aliphatic heterocycles. The Hall–Kier alpha value is -1.70. The van der Waals surface area contributed by atoms with E-state index in [1.807, 2.05) is 18.2 Å². The van der Waals surface area contributed by atoms with Crippen LogP contribution in [0.4, 0.5) is 5.13 Å². The minimum atomic E-state index is -0.471. The molecule has 0 fully saturated rings. The first-order valence-electron chi connectivity index (χ1n) is 6.50. The van der Waals surface area contributed by atoms with Gasteiger partial charge in [0.1, 0.15) is 0 Å². The molecule has 0 saturated carbocycles. The number of aromatic nitrogens is 2. The summed E-state index contributed by atoms with van der Waals surface area (Å²) >= 11 is 8.78. The standard InChI is InChI=1S/C14H12ClN3O2S2/c1-20-13(19)11-12(15)18-14(22-11)16-7-6-10-17-8-4-2-3-5-9(8)21-10/h2-5H,6-7H2,1H3,(H,16,18). The SMILES string of the molecule is COC(=O)c1sc(NCCc2nc3ccccc3s2)nc1Cl. The Balaban J connectivity index is 1.62. The van der Waals surface area contributed by atoms with Crippen LogP contribution in [0.5, 0.6) is 0 Å². The quantitative estimate of drug-likeness (QED) is 0.706. The number of benzene rings is 1. The molecule has 0 radical (unpaired) electrons. The van der Waals surface area contributed by atoms with Crippen LogP contribution in [0.2, 0.25) is 5.15 Å². The van der Waals surface area contributed by atoms with Gasteiger partial charge in [-0.3, -0.25) is 0 Å². The number of nitrogens with zero attached hydrogens (tertiary/aromatic N) is 2. The van der Waals surface area contributed by atoms with Crippen LogP contribution in [0.1, 0.15) is 14.7 Å². The number of hydrogen-bond acceptors (Lipinski definition) is 7. The summed E-state index contributed by atoms with van der Waals surface area (Å²) in [5.41, 5.74) is 1.02. The summed E-state index contributed by atoms with van der Waals surface area (Å²) in [5, 5.41) is 4.99. The molecule has 1 aromatic carbocycles. The molecular weight excluding hydrogens is 342 g/mol. The summed E-state index contributed by atoms with van der Waals surface area (Å²) in [6, 6.07) is 8.06. The summed E-state index contributed by atoms with van der Waals surface area (Å²) in [6.45, 7) is 0.671. The number of anilines is 1. The Bertz CT molecular complexity index is 782. The lowest BCUT2D eigenvalue weighted by Crippen LogP contribution is -2.04. The van der Waals surface area contributed by atoms with Gasteiger partial charge in [-0.1, -0.05) is 35.1 Å². The van der Waals surface area contributed by atoms with Gasteiger partial charge in [0.25, 0.3) is 0 Å². The predicted molar refractivity (Wildman–Crippen MR) is 90.3 cm³/mol. The van der Waals surface area contributed by atoms with Crippen LogP contribution in [-0.4, -0.2) is 29.6 Å². The number of hydrogen-bond donors (Lipinski definition) is 1. The largest absolute Gasteiger partial charge is 0.465 e. The molecular formula is C14H12ClN3O2S2. The zero-order valence-electron chi connectivity index (χ0n) is 11.6. The Morgan fingerprint density at radius 2 is 2.14 bits per heavy atom. The lowest BCUT2D eigenvalue weighted by atomic mass is 10.3. The lowest BCUT2D eigenvalue weighted by Gasteiger charge is -1.99. The highest BCUT2D eigenvalue weighted by Crippen LogP contribution is 2.27. The molecule has 0 spiro atoms. The maximum atomic E-state index is 11.5. The molecule has 0 saturated heterocycles. The Morgan fingerprint density at radius 3 is 2.91 bits per heavy atom. The van der Waals surface area contributed by atoms with Crippen LogP contribution >= 0.6 is 34.3 Å². The van der Waals surface area contributed by atoms with Crippen LogP contribution in [-0.2, 0) is 11.2 Å². The van der Waals surface area contributed by atoms with E-state index in [4.69, 9.17) is 11.6 Å². The van der Waals surface area contributed by atoms with Crippen molar-refractivity contribution in [2.24, 2.45) is 0 Å². The molecule has 0 aliphatic carbocycles. The predicted octanol–water partition coefficient (Wildman–Crippen LogP) is 3.85. The molecule has 1 N–H and O–H groups in total.